The molecule has 0 unspecified atom stereocenters. The van der Waals surface area contributed by atoms with E-state index in [-0.39, 0.29) is 31.7 Å². The first kappa shape index (κ1) is 20.6. The summed E-state index contributed by atoms with van der Waals surface area (Å²) in [7, 11) is -2.43. The molecule has 0 bridgehead atoms. The fourth-order valence-electron chi connectivity index (χ4n) is 2.54. The predicted octanol–water partition coefficient (Wildman–Crippen LogP) is 4.92. The fourth-order valence-corrected chi connectivity index (χ4v) is 5.03. The van der Waals surface area contributed by atoms with Crippen molar-refractivity contribution in [2.75, 3.05) is 12.4 Å². The fraction of sp³-hybridized carbons (Fsp3) is 0.278. The molecule has 0 saturated heterocycles. The van der Waals surface area contributed by atoms with Gasteiger partial charge < -0.3 is 10.1 Å². The third-order valence-corrected chi connectivity index (χ3v) is 6.39. The van der Waals surface area contributed by atoms with Crippen molar-refractivity contribution in [2.24, 2.45) is 0 Å². The van der Waals surface area contributed by atoms with Crippen molar-refractivity contribution in [1.29, 1.82) is 0 Å². The van der Waals surface area contributed by atoms with Crippen LogP contribution >= 0.6 is 23.2 Å². The van der Waals surface area contributed by atoms with Gasteiger partial charge in [-0.25, -0.2) is 8.42 Å². The number of rotatable bonds is 5. The molecule has 2 rings (SSSR count). The molecule has 140 valence electrons. The smallest absolute Gasteiger partial charge is 0.221 e. The van der Waals surface area contributed by atoms with Gasteiger partial charge in [0.05, 0.1) is 22.1 Å². The van der Waals surface area contributed by atoms with E-state index in [4.69, 9.17) is 27.9 Å². The van der Waals surface area contributed by atoms with Crippen LogP contribution in [0, 0.1) is 0 Å². The Morgan fingerprint density at radius 1 is 1.12 bits per heavy atom. The van der Waals surface area contributed by atoms with Crippen LogP contribution in [-0.4, -0.2) is 21.4 Å². The molecule has 26 heavy (non-hydrogen) atoms. The lowest BCUT2D eigenvalue weighted by Gasteiger charge is -2.15. The Labute approximate surface area is 163 Å². The summed E-state index contributed by atoms with van der Waals surface area (Å²) in [5.41, 5.74) is 1.08. The Kier molecular flexibility index (Phi) is 6.21. The molecule has 0 aliphatic heterocycles. The molecule has 8 heteroatoms. The second-order valence-electron chi connectivity index (χ2n) is 6.01. The van der Waals surface area contributed by atoms with Crippen molar-refractivity contribution in [3.63, 3.8) is 0 Å². The van der Waals surface area contributed by atoms with Gasteiger partial charge in [-0.2, -0.15) is 0 Å². The average molecular weight is 416 g/mol. The van der Waals surface area contributed by atoms with E-state index in [2.05, 4.69) is 5.32 Å². The quantitative estimate of drug-likeness (QED) is 0.751. The van der Waals surface area contributed by atoms with Gasteiger partial charge in [0, 0.05) is 12.6 Å². The van der Waals surface area contributed by atoms with E-state index in [1.807, 2.05) is 13.8 Å². The van der Waals surface area contributed by atoms with Crippen LogP contribution in [0.25, 0.3) is 0 Å². The molecule has 2 aromatic carbocycles. The van der Waals surface area contributed by atoms with Crippen LogP contribution in [0.2, 0.25) is 10.0 Å². The molecular weight excluding hydrogens is 397 g/mol. The molecule has 0 aromatic heterocycles. The van der Waals surface area contributed by atoms with Crippen LogP contribution in [0.4, 0.5) is 5.69 Å². The summed E-state index contributed by atoms with van der Waals surface area (Å²) in [6.07, 6.45) is 0. The molecular formula is C18H19Cl2NO4S. The first-order chi connectivity index (χ1) is 12.1. The minimum atomic E-state index is -3.96. The van der Waals surface area contributed by atoms with E-state index in [1.54, 1.807) is 12.1 Å². The van der Waals surface area contributed by atoms with Crippen LogP contribution in [0.3, 0.4) is 0 Å². The maximum absolute atomic E-state index is 13.1. The van der Waals surface area contributed by atoms with Gasteiger partial charge in [0.15, 0.2) is 0 Å². The monoisotopic (exact) mass is 415 g/mol. The topological polar surface area (TPSA) is 72.5 Å². The molecule has 5 nitrogen and oxygen atoms in total. The second-order valence-corrected chi connectivity index (χ2v) is 8.71. The summed E-state index contributed by atoms with van der Waals surface area (Å²) < 4.78 is 31.5. The number of methoxy groups -OCH3 is 1. The third kappa shape index (κ3) is 4.14. The highest BCUT2D eigenvalue weighted by molar-refractivity contribution is 7.91. The molecule has 1 amide bonds. The molecule has 0 aliphatic carbocycles. The predicted molar refractivity (Wildman–Crippen MR) is 103 cm³/mol. The Balaban J connectivity index is 2.61. The first-order valence-electron chi connectivity index (χ1n) is 7.77. The number of sulfone groups is 1. The van der Waals surface area contributed by atoms with Gasteiger partial charge in [-0.05, 0) is 41.8 Å². The number of ether oxygens (including phenoxy) is 1. The van der Waals surface area contributed by atoms with Crippen LogP contribution < -0.4 is 10.1 Å². The summed E-state index contributed by atoms with van der Waals surface area (Å²) in [6, 6.07) is 7.33. The molecule has 0 spiro atoms. The Hall–Kier alpha value is -1.76. The zero-order chi connectivity index (χ0) is 19.6. The zero-order valence-electron chi connectivity index (χ0n) is 14.8. The van der Waals surface area contributed by atoms with Crippen LogP contribution in [0.1, 0.15) is 32.3 Å². The molecule has 1 N–H and O–H groups in total. The maximum Gasteiger partial charge on any atom is 0.221 e. The maximum atomic E-state index is 13.1. The van der Waals surface area contributed by atoms with Crippen molar-refractivity contribution < 1.29 is 17.9 Å². The number of benzene rings is 2. The standard InChI is InChI=1S/C18H19Cl2NO4S/c1-10(2)14-9-13(5-6-17(14)25-4)26(23,24)18-15(19)7-12(8-16(18)20)21-11(3)22/h5-10H,1-4H3,(H,21,22). The van der Waals surface area contributed by atoms with Gasteiger partial charge in [-0.1, -0.05) is 37.0 Å². The highest BCUT2D eigenvalue weighted by Gasteiger charge is 2.26. The van der Waals surface area contributed by atoms with Gasteiger partial charge in [0.25, 0.3) is 0 Å². The van der Waals surface area contributed by atoms with Crippen LogP contribution in [-0.2, 0) is 14.6 Å². The molecule has 0 heterocycles. The van der Waals surface area contributed by atoms with E-state index in [1.165, 1.54) is 32.2 Å². The molecule has 0 atom stereocenters. The number of hydrogen-bond donors (Lipinski definition) is 1. The minimum absolute atomic E-state index is 0.0631. The molecule has 0 radical (unpaired) electrons. The molecule has 2 aromatic rings. The lowest BCUT2D eigenvalue weighted by molar-refractivity contribution is -0.114. The zero-order valence-corrected chi connectivity index (χ0v) is 17.1. The van der Waals surface area contributed by atoms with E-state index in [0.29, 0.717) is 11.4 Å². The summed E-state index contributed by atoms with van der Waals surface area (Å²) in [4.78, 5) is 11.0. The van der Waals surface area contributed by atoms with Gasteiger partial charge in [0.2, 0.25) is 15.7 Å². The minimum Gasteiger partial charge on any atom is -0.496 e. The highest BCUT2D eigenvalue weighted by atomic mass is 35.5. The Morgan fingerprint density at radius 2 is 1.69 bits per heavy atom. The van der Waals surface area contributed by atoms with E-state index in [9.17, 15) is 13.2 Å². The number of hydrogen-bond acceptors (Lipinski definition) is 4. The van der Waals surface area contributed by atoms with Crippen molar-refractivity contribution in [1.82, 2.24) is 0 Å². The number of carbonyl (C=O) groups excluding carboxylic acids is 1. The van der Waals surface area contributed by atoms with Crippen LogP contribution in [0.15, 0.2) is 40.1 Å². The van der Waals surface area contributed by atoms with Crippen molar-refractivity contribution in [3.8, 4) is 5.75 Å². The third-order valence-electron chi connectivity index (χ3n) is 3.72. The summed E-state index contributed by atoms with van der Waals surface area (Å²) in [6.45, 7) is 5.21. The van der Waals surface area contributed by atoms with Crippen molar-refractivity contribution in [2.45, 2.75) is 36.5 Å². The molecule has 0 aliphatic rings. The number of amides is 1. The Bertz CT molecular complexity index is 933. The van der Waals surface area contributed by atoms with Gasteiger partial charge >= 0.3 is 0 Å². The highest BCUT2D eigenvalue weighted by Crippen LogP contribution is 2.38. The number of halogens is 2. The number of carbonyl (C=O) groups is 1. The SMILES string of the molecule is COc1ccc(S(=O)(=O)c2c(Cl)cc(NC(C)=O)cc2Cl)cc1C(C)C. The average Bonchev–Trinajstić information content (AvgIpc) is 2.52. The summed E-state index contributed by atoms with van der Waals surface area (Å²) >= 11 is 12.3. The van der Waals surface area contributed by atoms with E-state index < -0.39 is 9.84 Å². The lowest BCUT2D eigenvalue weighted by atomic mass is 10.0. The van der Waals surface area contributed by atoms with E-state index >= 15 is 0 Å². The van der Waals surface area contributed by atoms with Gasteiger partial charge in [-0.3, -0.25) is 4.79 Å². The lowest BCUT2D eigenvalue weighted by Crippen LogP contribution is -2.09. The van der Waals surface area contributed by atoms with Crippen molar-refractivity contribution >= 4 is 44.6 Å². The van der Waals surface area contributed by atoms with Gasteiger partial charge in [-0.15, -0.1) is 0 Å². The van der Waals surface area contributed by atoms with Crippen LogP contribution in [0.5, 0.6) is 5.75 Å². The summed E-state index contributed by atoms with van der Waals surface area (Å²) in [5, 5.41) is 2.39. The van der Waals surface area contributed by atoms with Gasteiger partial charge in [0.1, 0.15) is 10.6 Å². The molecule has 0 saturated carbocycles. The number of anilines is 1. The van der Waals surface area contributed by atoms with E-state index in [0.717, 1.165) is 5.56 Å². The second kappa shape index (κ2) is 7.86. The number of nitrogens with one attached hydrogen (secondary N) is 1. The van der Waals surface area contributed by atoms with Crippen molar-refractivity contribution in [3.05, 3.63) is 45.9 Å². The first-order valence-corrected chi connectivity index (χ1v) is 10.0. The largest absolute Gasteiger partial charge is 0.496 e. The Morgan fingerprint density at radius 3 is 2.15 bits per heavy atom. The normalized spacial score (nSPS) is 11.5. The molecule has 0 fully saturated rings. The summed E-state index contributed by atoms with van der Waals surface area (Å²) in [5.74, 6) is 0.356.